The van der Waals surface area contributed by atoms with Crippen LogP contribution in [-0.4, -0.2) is 78.3 Å². The summed E-state index contributed by atoms with van der Waals surface area (Å²) in [6.45, 7) is 2.71. The van der Waals surface area contributed by atoms with Crippen LogP contribution in [-0.2, 0) is 16.0 Å². The minimum atomic E-state index is -4.78. The fourth-order valence-electron chi connectivity index (χ4n) is 3.94. The second kappa shape index (κ2) is 11.5. The van der Waals surface area contributed by atoms with Crippen LogP contribution in [0.3, 0.4) is 0 Å². The maximum Gasteiger partial charge on any atom is 0.305 e. The molecule has 0 bridgehead atoms. The highest BCUT2D eigenvalue weighted by Crippen LogP contribution is 2.54. The number of nitrogens with two attached hydrogens (primary N) is 1. The molecular formula is C25H26N6O13S. The van der Waals surface area contributed by atoms with Crippen molar-refractivity contribution in [3.05, 3.63) is 45.5 Å². The van der Waals surface area contributed by atoms with Gasteiger partial charge < -0.3 is 60.7 Å². The smallest absolute Gasteiger partial charge is 0.305 e. The molecule has 3 aromatic heterocycles. The second-order valence-corrected chi connectivity index (χ2v) is 10.8. The minimum Gasteiger partial charge on any atom is -0.504 e. The van der Waals surface area contributed by atoms with Gasteiger partial charge >= 0.3 is 5.97 Å². The first-order valence-electron chi connectivity index (χ1n) is 12.3. The predicted molar refractivity (Wildman–Crippen MR) is 152 cm³/mol. The molecule has 11 N–H and O–H groups in total. The maximum atomic E-state index is 13.4. The standard InChI is InChI=1S/C25H26N6O13S/c1-8-14(32)16(34)17(35)19(18(8)42-3)44-20-22(31-45(40,41)11-6-5-10(7-27-11)25(37,38)39)29-21(30-24(20)43-4)12-13(26)9(2)28-23(36)15(12)33/h5-7,32-35,37-39H,26H2,1-4H3,(H,28,36)(H,29,30,31). The van der Waals surface area contributed by atoms with Crippen LogP contribution in [0.25, 0.3) is 11.4 Å². The first-order chi connectivity index (χ1) is 20.9. The number of nitrogen functional groups attached to an aromatic ring is 1. The summed E-state index contributed by atoms with van der Waals surface area (Å²) in [4.78, 5) is 26.4. The van der Waals surface area contributed by atoms with Gasteiger partial charge in [0.05, 0.1) is 31.0 Å². The number of aliphatic hydroxyl groups is 3. The van der Waals surface area contributed by atoms with Crippen molar-refractivity contribution in [3.8, 4) is 57.5 Å². The number of nitrogens with zero attached hydrogens (tertiary/aromatic N) is 3. The Balaban J connectivity index is 2.01. The number of phenols is 3. The topological polar surface area (TPSA) is 313 Å². The van der Waals surface area contributed by atoms with E-state index < -0.39 is 89.7 Å². The number of aromatic nitrogens is 4. The third kappa shape index (κ3) is 5.84. The Morgan fingerprint density at radius 2 is 1.58 bits per heavy atom. The number of hydrogen-bond acceptors (Lipinski definition) is 17. The van der Waals surface area contributed by atoms with E-state index in [0.717, 1.165) is 26.4 Å². The molecule has 0 saturated carbocycles. The normalized spacial score (nSPS) is 11.7. The van der Waals surface area contributed by atoms with Crippen molar-refractivity contribution in [3.63, 3.8) is 0 Å². The van der Waals surface area contributed by atoms with E-state index in [-0.39, 0.29) is 22.7 Å². The molecule has 20 heteroatoms. The van der Waals surface area contributed by atoms with Gasteiger partial charge in [0.15, 0.2) is 33.9 Å². The molecule has 0 unspecified atom stereocenters. The highest BCUT2D eigenvalue weighted by molar-refractivity contribution is 7.92. The van der Waals surface area contributed by atoms with Gasteiger partial charge in [-0.3, -0.25) is 9.52 Å². The molecule has 4 aromatic rings. The number of methoxy groups -OCH3 is 2. The number of pyridine rings is 2. The van der Waals surface area contributed by atoms with Gasteiger partial charge in [0.1, 0.15) is 0 Å². The number of sulfonamides is 1. The molecule has 0 aliphatic heterocycles. The lowest BCUT2D eigenvalue weighted by atomic mass is 10.1. The summed E-state index contributed by atoms with van der Waals surface area (Å²) in [6, 6.07) is 1.64. The predicted octanol–water partition coefficient (Wildman–Crippen LogP) is -0.0542. The Bertz CT molecular complexity index is 1970. The Hall–Kier alpha value is -5.57. The molecule has 45 heavy (non-hydrogen) atoms. The number of ether oxygens (including phenoxy) is 3. The van der Waals surface area contributed by atoms with E-state index in [2.05, 4.69) is 24.7 Å². The van der Waals surface area contributed by atoms with Gasteiger partial charge in [0.25, 0.3) is 21.5 Å². The van der Waals surface area contributed by atoms with Crippen molar-refractivity contribution < 1.29 is 58.4 Å². The lowest BCUT2D eigenvalue weighted by Crippen LogP contribution is -2.24. The first kappa shape index (κ1) is 32.3. The Morgan fingerprint density at radius 3 is 2.13 bits per heavy atom. The van der Waals surface area contributed by atoms with Crippen LogP contribution < -0.4 is 30.2 Å². The van der Waals surface area contributed by atoms with Crippen molar-refractivity contribution in [2.75, 3.05) is 24.7 Å². The molecule has 0 saturated heterocycles. The first-order valence-corrected chi connectivity index (χ1v) is 13.7. The number of aryl methyl sites for hydroxylation is 1. The molecule has 0 spiro atoms. The largest absolute Gasteiger partial charge is 0.504 e. The zero-order chi connectivity index (χ0) is 33.6. The van der Waals surface area contributed by atoms with E-state index in [4.69, 9.17) is 19.9 Å². The van der Waals surface area contributed by atoms with E-state index in [1.165, 1.54) is 13.8 Å². The number of H-pyrrole nitrogens is 1. The second-order valence-electron chi connectivity index (χ2n) is 9.21. The van der Waals surface area contributed by atoms with Crippen molar-refractivity contribution in [1.82, 2.24) is 19.9 Å². The molecular weight excluding hydrogens is 624 g/mol. The summed E-state index contributed by atoms with van der Waals surface area (Å²) >= 11 is 0. The zero-order valence-electron chi connectivity index (χ0n) is 23.6. The number of nitrogens with one attached hydrogen (secondary N) is 2. The van der Waals surface area contributed by atoms with Crippen molar-refractivity contribution in [1.29, 1.82) is 0 Å². The number of rotatable bonds is 9. The highest BCUT2D eigenvalue weighted by atomic mass is 32.2. The average Bonchev–Trinajstić information content (AvgIpc) is 2.98. The Morgan fingerprint density at radius 1 is 0.911 bits per heavy atom. The van der Waals surface area contributed by atoms with E-state index in [1.807, 2.05) is 0 Å². The molecule has 3 heterocycles. The molecule has 0 amide bonds. The van der Waals surface area contributed by atoms with E-state index in [9.17, 15) is 49.0 Å². The van der Waals surface area contributed by atoms with Crippen LogP contribution >= 0.6 is 0 Å². The lowest BCUT2D eigenvalue weighted by Gasteiger charge is -2.20. The van der Waals surface area contributed by atoms with Gasteiger partial charge in [-0.25, -0.2) is 9.97 Å². The van der Waals surface area contributed by atoms with Crippen LogP contribution in [0, 0.1) is 13.8 Å². The number of aromatic hydroxyl groups is 4. The van der Waals surface area contributed by atoms with Gasteiger partial charge in [0.2, 0.25) is 23.0 Å². The number of benzene rings is 1. The third-order valence-electron chi connectivity index (χ3n) is 6.28. The van der Waals surface area contributed by atoms with Crippen LogP contribution in [0.2, 0.25) is 0 Å². The molecule has 0 atom stereocenters. The summed E-state index contributed by atoms with van der Waals surface area (Å²) < 4.78 is 45.1. The molecule has 4 rings (SSSR count). The summed E-state index contributed by atoms with van der Waals surface area (Å²) in [7, 11) is -2.56. The fourth-order valence-corrected chi connectivity index (χ4v) is 4.87. The molecule has 0 fully saturated rings. The summed E-state index contributed by atoms with van der Waals surface area (Å²) in [6.07, 6.45) is 0.653. The van der Waals surface area contributed by atoms with Crippen LogP contribution in [0.15, 0.2) is 28.2 Å². The zero-order valence-corrected chi connectivity index (χ0v) is 24.5. The molecule has 0 aliphatic rings. The fraction of sp³-hybridized carbons (Fsp3) is 0.200. The quantitative estimate of drug-likeness (QED) is 0.0838. The number of aromatic amines is 1. The number of phenolic OH excluding ortho intramolecular Hbond substituents is 3. The maximum absolute atomic E-state index is 13.4. The third-order valence-corrected chi connectivity index (χ3v) is 7.54. The minimum absolute atomic E-state index is 0.0968. The van der Waals surface area contributed by atoms with Gasteiger partial charge in [0, 0.05) is 17.5 Å². The van der Waals surface area contributed by atoms with Crippen LogP contribution in [0.4, 0.5) is 11.5 Å². The Kier molecular flexibility index (Phi) is 8.26. The summed E-state index contributed by atoms with van der Waals surface area (Å²) in [5.74, 6) is -10.6. The van der Waals surface area contributed by atoms with E-state index >= 15 is 0 Å². The lowest BCUT2D eigenvalue weighted by molar-refractivity contribution is -0.324. The van der Waals surface area contributed by atoms with Crippen molar-refractivity contribution in [2.24, 2.45) is 0 Å². The van der Waals surface area contributed by atoms with E-state index in [1.54, 1.807) is 0 Å². The van der Waals surface area contributed by atoms with Gasteiger partial charge in [-0.1, -0.05) is 0 Å². The molecule has 0 radical (unpaired) electrons. The van der Waals surface area contributed by atoms with Gasteiger partial charge in [-0.05, 0) is 26.0 Å². The molecule has 19 nitrogen and oxygen atoms in total. The Labute approximate surface area is 252 Å². The highest BCUT2D eigenvalue weighted by Gasteiger charge is 2.31. The molecule has 1 aromatic carbocycles. The molecule has 240 valence electrons. The average molecular weight is 651 g/mol. The van der Waals surface area contributed by atoms with E-state index in [0.29, 0.717) is 6.20 Å². The van der Waals surface area contributed by atoms with Crippen molar-refractivity contribution >= 4 is 21.5 Å². The van der Waals surface area contributed by atoms with Crippen LogP contribution in [0.1, 0.15) is 16.8 Å². The summed E-state index contributed by atoms with van der Waals surface area (Å²) in [5, 5.41) is 68.8. The van der Waals surface area contributed by atoms with Gasteiger partial charge in [-0.2, -0.15) is 13.4 Å². The monoisotopic (exact) mass is 650 g/mol. The van der Waals surface area contributed by atoms with Crippen molar-refractivity contribution in [2.45, 2.75) is 24.8 Å². The number of anilines is 2. The summed E-state index contributed by atoms with van der Waals surface area (Å²) in [5.41, 5.74) is 3.88. The number of hydrogen-bond donors (Lipinski definition) is 10. The SMILES string of the molecule is COc1nc(-c2c(N)c(C)[nH]c(=O)c2O)nc(NS(=O)(=O)c2ccc(C(O)(O)O)cn2)c1Oc1c(O)c(O)c(O)c(C)c1OC. The van der Waals surface area contributed by atoms with Gasteiger partial charge in [-0.15, -0.1) is 0 Å². The molecule has 0 aliphatic carbocycles. The van der Waals surface area contributed by atoms with Crippen LogP contribution in [0.5, 0.6) is 46.1 Å².